The average Bonchev–Trinajstić information content (AvgIpc) is 2.79. The van der Waals surface area contributed by atoms with Crippen LogP contribution in [0.15, 0.2) is 24.4 Å². The number of likely N-dealkylation sites (tertiary alicyclic amines) is 1. The van der Waals surface area contributed by atoms with Crippen molar-refractivity contribution in [1.82, 2.24) is 14.9 Å². The topological polar surface area (TPSA) is 64.5 Å². The fraction of sp³-hybridized carbons (Fsp3) is 0.667. The molecule has 1 aromatic carbocycles. The van der Waals surface area contributed by atoms with Crippen LogP contribution in [0.4, 0.5) is 0 Å². The fourth-order valence-corrected chi connectivity index (χ4v) is 5.26. The van der Waals surface area contributed by atoms with Gasteiger partial charge in [-0.2, -0.15) is 4.98 Å². The predicted molar refractivity (Wildman–Crippen MR) is 130 cm³/mol. The molecule has 0 unspecified atom stereocenters. The molecule has 1 saturated heterocycles. The normalized spacial score (nSPS) is 22.9. The number of ether oxygens (including phenoxy) is 2. The van der Waals surface area contributed by atoms with Gasteiger partial charge in [-0.15, -0.1) is 0 Å². The summed E-state index contributed by atoms with van der Waals surface area (Å²) in [6, 6.07) is 6.88. The summed E-state index contributed by atoms with van der Waals surface area (Å²) in [5, 5.41) is 1.04. The first kappa shape index (κ1) is 23.9. The van der Waals surface area contributed by atoms with Crippen LogP contribution in [-0.4, -0.2) is 46.6 Å². The van der Waals surface area contributed by atoms with Crippen molar-refractivity contribution in [2.45, 2.75) is 78.9 Å². The van der Waals surface area contributed by atoms with Crippen LogP contribution in [0.1, 0.15) is 71.8 Å². The van der Waals surface area contributed by atoms with Crippen LogP contribution in [0.25, 0.3) is 10.9 Å². The quantitative estimate of drug-likeness (QED) is 0.547. The number of piperidine rings is 1. The van der Waals surface area contributed by atoms with Crippen molar-refractivity contribution in [3.63, 3.8) is 0 Å². The van der Waals surface area contributed by atoms with Gasteiger partial charge in [0.2, 0.25) is 0 Å². The Morgan fingerprint density at radius 2 is 1.82 bits per heavy atom. The molecule has 0 bridgehead atoms. The van der Waals surface area contributed by atoms with Crippen LogP contribution in [0, 0.1) is 17.3 Å². The first-order valence-corrected chi connectivity index (χ1v) is 12.6. The van der Waals surface area contributed by atoms with Crippen molar-refractivity contribution in [2.75, 3.05) is 19.7 Å². The Morgan fingerprint density at radius 1 is 1.09 bits per heavy atom. The van der Waals surface area contributed by atoms with E-state index in [1.54, 1.807) is 0 Å². The third kappa shape index (κ3) is 6.23. The molecule has 1 aromatic heterocycles. The standard InChI is InChI=1S/C27H39N3O3/c1-5-32-25(31)20-12-14-30(15-13-20)18-19-6-11-24-21(16-19)17-28-26(29-24)33-23-9-7-22(8-10-23)27(2,3)4/h6,11,16-17,20,22-23H,5,7-10,12-15,18H2,1-4H3/t22-,23-. The van der Waals surface area contributed by atoms with Crippen LogP contribution in [-0.2, 0) is 16.1 Å². The zero-order chi connectivity index (χ0) is 23.4. The number of rotatable bonds is 6. The van der Waals surface area contributed by atoms with Crippen molar-refractivity contribution in [3.8, 4) is 6.01 Å². The number of esters is 1. The van der Waals surface area contributed by atoms with Crippen molar-refractivity contribution in [3.05, 3.63) is 30.0 Å². The van der Waals surface area contributed by atoms with Gasteiger partial charge >= 0.3 is 12.0 Å². The van der Waals surface area contributed by atoms with Crippen molar-refractivity contribution < 1.29 is 14.3 Å². The average molecular weight is 454 g/mol. The van der Waals surface area contributed by atoms with Crippen LogP contribution in [0.2, 0.25) is 0 Å². The highest BCUT2D eigenvalue weighted by Gasteiger charge is 2.31. The second-order valence-electron chi connectivity index (χ2n) is 10.8. The smallest absolute Gasteiger partial charge is 0.317 e. The van der Waals surface area contributed by atoms with Crippen LogP contribution in [0.3, 0.4) is 0 Å². The second kappa shape index (κ2) is 10.4. The van der Waals surface area contributed by atoms with Gasteiger partial charge in [0.05, 0.1) is 18.0 Å². The van der Waals surface area contributed by atoms with E-state index in [1.807, 2.05) is 13.1 Å². The predicted octanol–water partition coefficient (Wildman–Crippen LogP) is 5.39. The number of benzene rings is 1. The monoisotopic (exact) mass is 453 g/mol. The zero-order valence-electron chi connectivity index (χ0n) is 20.7. The van der Waals surface area contributed by atoms with E-state index in [2.05, 4.69) is 53.8 Å². The maximum atomic E-state index is 12.0. The first-order chi connectivity index (χ1) is 15.8. The highest BCUT2D eigenvalue weighted by molar-refractivity contribution is 5.78. The van der Waals surface area contributed by atoms with E-state index < -0.39 is 0 Å². The third-order valence-corrected chi connectivity index (χ3v) is 7.41. The zero-order valence-corrected chi connectivity index (χ0v) is 20.7. The molecule has 4 rings (SSSR count). The number of hydrogen-bond donors (Lipinski definition) is 0. The van der Waals surface area contributed by atoms with Gasteiger partial charge in [0.25, 0.3) is 0 Å². The van der Waals surface area contributed by atoms with E-state index in [9.17, 15) is 4.79 Å². The number of carbonyl (C=O) groups is 1. The van der Waals surface area contributed by atoms with Crippen LogP contribution in [0.5, 0.6) is 6.01 Å². The summed E-state index contributed by atoms with van der Waals surface area (Å²) in [4.78, 5) is 23.5. The SMILES string of the molecule is CCOC(=O)C1CCN(Cc2ccc3nc(O[C@H]4CC[C@H](C(C)(C)C)CC4)ncc3c2)CC1. The Balaban J connectivity index is 1.31. The van der Waals surface area contributed by atoms with E-state index in [-0.39, 0.29) is 18.0 Å². The minimum Gasteiger partial charge on any atom is -0.466 e. The van der Waals surface area contributed by atoms with E-state index in [1.165, 1.54) is 18.4 Å². The number of hydrogen-bond acceptors (Lipinski definition) is 6. The lowest BCUT2D eigenvalue weighted by molar-refractivity contribution is -0.149. The molecule has 1 saturated carbocycles. The molecule has 6 heteroatoms. The molecule has 2 aromatic rings. The molecule has 2 fully saturated rings. The molecular weight excluding hydrogens is 414 g/mol. The summed E-state index contributed by atoms with van der Waals surface area (Å²) in [7, 11) is 0. The lowest BCUT2D eigenvalue weighted by Crippen LogP contribution is -2.36. The van der Waals surface area contributed by atoms with Gasteiger partial charge in [-0.25, -0.2) is 4.98 Å². The van der Waals surface area contributed by atoms with Crippen molar-refractivity contribution in [1.29, 1.82) is 0 Å². The Kier molecular flexibility index (Phi) is 7.52. The number of fused-ring (bicyclic) bond motifs is 1. The van der Waals surface area contributed by atoms with Gasteiger partial charge in [0.15, 0.2) is 0 Å². The summed E-state index contributed by atoms with van der Waals surface area (Å²) in [5.74, 6) is 0.776. The Labute approximate surface area is 198 Å². The Hall–Kier alpha value is -2.21. The Morgan fingerprint density at radius 3 is 2.48 bits per heavy atom. The molecule has 0 atom stereocenters. The van der Waals surface area contributed by atoms with Crippen molar-refractivity contribution >= 4 is 16.9 Å². The van der Waals surface area contributed by atoms with E-state index in [0.717, 1.165) is 62.1 Å². The number of carbonyl (C=O) groups excluding carboxylic acids is 1. The van der Waals surface area contributed by atoms with Gasteiger partial charge in [-0.05, 0) is 87.6 Å². The second-order valence-corrected chi connectivity index (χ2v) is 10.8. The van der Waals surface area contributed by atoms with Gasteiger partial charge in [0.1, 0.15) is 6.10 Å². The highest BCUT2D eigenvalue weighted by atomic mass is 16.5. The number of nitrogens with zero attached hydrogens (tertiary/aromatic N) is 3. The minimum absolute atomic E-state index is 0.0414. The van der Waals surface area contributed by atoms with Crippen LogP contribution >= 0.6 is 0 Å². The molecule has 0 radical (unpaired) electrons. The molecule has 0 spiro atoms. The molecule has 2 aliphatic rings. The summed E-state index contributed by atoms with van der Waals surface area (Å²) in [6.45, 7) is 12.1. The maximum Gasteiger partial charge on any atom is 0.317 e. The third-order valence-electron chi connectivity index (χ3n) is 7.41. The van der Waals surface area contributed by atoms with E-state index >= 15 is 0 Å². The Bertz CT molecular complexity index is 939. The van der Waals surface area contributed by atoms with Gasteiger partial charge in [0, 0.05) is 18.1 Å². The molecule has 1 aliphatic carbocycles. The molecule has 1 aliphatic heterocycles. The molecule has 0 N–H and O–H groups in total. The molecule has 180 valence electrons. The fourth-order valence-electron chi connectivity index (χ4n) is 5.26. The number of aromatic nitrogens is 2. The maximum absolute atomic E-state index is 12.0. The highest BCUT2D eigenvalue weighted by Crippen LogP contribution is 2.38. The molecule has 2 heterocycles. The van der Waals surface area contributed by atoms with Gasteiger partial charge in [-0.3, -0.25) is 9.69 Å². The van der Waals surface area contributed by atoms with Crippen molar-refractivity contribution in [2.24, 2.45) is 17.3 Å². The first-order valence-electron chi connectivity index (χ1n) is 12.6. The van der Waals surface area contributed by atoms with E-state index in [0.29, 0.717) is 18.0 Å². The molecule has 33 heavy (non-hydrogen) atoms. The summed E-state index contributed by atoms with van der Waals surface area (Å²) in [6.07, 6.45) is 8.42. The molecule has 6 nitrogen and oxygen atoms in total. The van der Waals surface area contributed by atoms with Gasteiger partial charge in [-0.1, -0.05) is 26.8 Å². The lowest BCUT2D eigenvalue weighted by atomic mass is 9.72. The summed E-state index contributed by atoms with van der Waals surface area (Å²) in [5.41, 5.74) is 2.54. The molecular formula is C27H39N3O3. The minimum atomic E-state index is -0.0414. The van der Waals surface area contributed by atoms with E-state index in [4.69, 9.17) is 9.47 Å². The van der Waals surface area contributed by atoms with Crippen LogP contribution < -0.4 is 4.74 Å². The summed E-state index contributed by atoms with van der Waals surface area (Å²) >= 11 is 0. The lowest BCUT2D eigenvalue weighted by Gasteiger charge is -2.36. The summed E-state index contributed by atoms with van der Waals surface area (Å²) < 4.78 is 11.3. The molecule has 0 amide bonds. The largest absolute Gasteiger partial charge is 0.466 e. The van der Waals surface area contributed by atoms with Gasteiger partial charge < -0.3 is 9.47 Å².